The average Bonchev–Trinajstić information content (AvgIpc) is 2.44. The van der Waals surface area contributed by atoms with Crippen LogP contribution in [0.4, 0.5) is 0 Å². The van der Waals surface area contributed by atoms with Crippen molar-refractivity contribution in [3.05, 3.63) is 48.0 Å². The SMILES string of the molecule is COC(=O)C(C)C(O)c1cccc2ccccc12. The van der Waals surface area contributed by atoms with E-state index in [2.05, 4.69) is 4.74 Å². The van der Waals surface area contributed by atoms with Gasteiger partial charge >= 0.3 is 5.97 Å². The smallest absolute Gasteiger partial charge is 0.311 e. The van der Waals surface area contributed by atoms with E-state index in [0.717, 1.165) is 16.3 Å². The number of esters is 1. The Morgan fingerprint density at radius 3 is 2.56 bits per heavy atom. The van der Waals surface area contributed by atoms with Crippen LogP contribution in [0.25, 0.3) is 10.8 Å². The Labute approximate surface area is 106 Å². The fraction of sp³-hybridized carbons (Fsp3) is 0.267. The van der Waals surface area contributed by atoms with Crippen LogP contribution in [0.15, 0.2) is 42.5 Å². The number of hydrogen-bond donors (Lipinski definition) is 1. The molecule has 2 aromatic carbocycles. The summed E-state index contributed by atoms with van der Waals surface area (Å²) in [5.74, 6) is -0.990. The molecular formula is C15H16O3. The predicted octanol–water partition coefficient (Wildman–Crippen LogP) is 2.68. The van der Waals surface area contributed by atoms with Gasteiger partial charge in [-0.3, -0.25) is 4.79 Å². The predicted molar refractivity (Wildman–Crippen MR) is 70.1 cm³/mol. The fourth-order valence-electron chi connectivity index (χ4n) is 2.09. The standard InChI is InChI=1S/C15H16O3/c1-10(15(17)18-2)14(16)13-9-5-7-11-6-3-4-8-12(11)13/h3-10,14,16H,1-2H3. The first-order valence-corrected chi connectivity index (χ1v) is 5.88. The quantitative estimate of drug-likeness (QED) is 0.844. The molecule has 0 aromatic heterocycles. The lowest BCUT2D eigenvalue weighted by molar-refractivity contribution is -0.148. The summed E-state index contributed by atoms with van der Waals surface area (Å²) in [4.78, 5) is 11.5. The van der Waals surface area contributed by atoms with Gasteiger partial charge in [0.2, 0.25) is 0 Å². The third-order valence-electron chi connectivity index (χ3n) is 3.19. The van der Waals surface area contributed by atoms with Gasteiger partial charge < -0.3 is 9.84 Å². The van der Waals surface area contributed by atoms with Crippen LogP contribution >= 0.6 is 0 Å². The van der Waals surface area contributed by atoms with Crippen molar-refractivity contribution >= 4 is 16.7 Å². The number of aliphatic hydroxyl groups is 1. The van der Waals surface area contributed by atoms with Crippen LogP contribution in [-0.2, 0) is 9.53 Å². The van der Waals surface area contributed by atoms with Crippen LogP contribution in [0, 0.1) is 5.92 Å². The lowest BCUT2D eigenvalue weighted by atomic mass is 9.93. The largest absolute Gasteiger partial charge is 0.469 e. The van der Waals surface area contributed by atoms with Crippen molar-refractivity contribution in [2.75, 3.05) is 7.11 Å². The zero-order valence-corrected chi connectivity index (χ0v) is 10.5. The van der Waals surface area contributed by atoms with E-state index in [4.69, 9.17) is 0 Å². The summed E-state index contributed by atoms with van der Waals surface area (Å²) in [5.41, 5.74) is 0.756. The molecule has 0 saturated heterocycles. The van der Waals surface area contributed by atoms with E-state index in [-0.39, 0.29) is 0 Å². The molecule has 18 heavy (non-hydrogen) atoms. The van der Waals surface area contributed by atoms with Crippen molar-refractivity contribution in [1.29, 1.82) is 0 Å². The number of hydrogen-bond acceptors (Lipinski definition) is 3. The molecule has 3 heteroatoms. The van der Waals surface area contributed by atoms with Crippen LogP contribution in [0.1, 0.15) is 18.6 Å². The lowest BCUT2D eigenvalue weighted by Crippen LogP contribution is -2.20. The Bertz CT molecular complexity index is 557. The number of benzene rings is 2. The summed E-state index contributed by atoms with van der Waals surface area (Å²) in [6, 6.07) is 13.5. The first-order valence-electron chi connectivity index (χ1n) is 5.88. The molecule has 0 bridgehead atoms. The van der Waals surface area contributed by atoms with Crippen molar-refractivity contribution in [2.45, 2.75) is 13.0 Å². The molecule has 2 rings (SSSR count). The minimum atomic E-state index is -0.858. The maximum absolute atomic E-state index is 11.5. The van der Waals surface area contributed by atoms with Gasteiger partial charge in [0.05, 0.1) is 19.1 Å². The Balaban J connectivity index is 2.44. The maximum atomic E-state index is 11.5. The van der Waals surface area contributed by atoms with Crippen LogP contribution in [0.3, 0.4) is 0 Å². The first kappa shape index (κ1) is 12.6. The highest BCUT2D eigenvalue weighted by Gasteiger charge is 2.25. The minimum Gasteiger partial charge on any atom is -0.469 e. The molecule has 0 fully saturated rings. The summed E-state index contributed by atoms with van der Waals surface area (Å²) >= 11 is 0. The summed E-state index contributed by atoms with van der Waals surface area (Å²) in [7, 11) is 1.33. The van der Waals surface area contributed by atoms with Crippen molar-refractivity contribution < 1.29 is 14.6 Å². The van der Waals surface area contributed by atoms with Gasteiger partial charge in [-0.15, -0.1) is 0 Å². The highest BCUT2D eigenvalue weighted by Crippen LogP contribution is 2.29. The van der Waals surface area contributed by atoms with Crippen molar-refractivity contribution in [1.82, 2.24) is 0 Å². The molecule has 1 N–H and O–H groups in total. The Morgan fingerprint density at radius 1 is 1.17 bits per heavy atom. The van der Waals surface area contributed by atoms with Crippen LogP contribution in [0.5, 0.6) is 0 Å². The minimum absolute atomic E-state index is 0.407. The average molecular weight is 244 g/mol. The molecule has 94 valence electrons. The molecule has 3 nitrogen and oxygen atoms in total. The number of fused-ring (bicyclic) bond motifs is 1. The molecule has 2 aromatic rings. The van der Waals surface area contributed by atoms with Crippen molar-refractivity contribution in [2.24, 2.45) is 5.92 Å². The molecule has 0 aliphatic carbocycles. The van der Waals surface area contributed by atoms with Gasteiger partial charge in [-0.1, -0.05) is 42.5 Å². The van der Waals surface area contributed by atoms with E-state index in [1.165, 1.54) is 7.11 Å². The third kappa shape index (κ3) is 2.22. The van der Waals surface area contributed by atoms with E-state index in [0.29, 0.717) is 0 Å². The molecule has 0 spiro atoms. The second-order valence-corrected chi connectivity index (χ2v) is 4.33. The number of aliphatic hydroxyl groups excluding tert-OH is 1. The first-order chi connectivity index (χ1) is 8.65. The van der Waals surface area contributed by atoms with E-state index >= 15 is 0 Å². The Kier molecular flexibility index (Phi) is 3.63. The van der Waals surface area contributed by atoms with E-state index in [1.807, 2.05) is 42.5 Å². The summed E-state index contributed by atoms with van der Waals surface area (Å²) < 4.78 is 4.67. The number of methoxy groups -OCH3 is 1. The van der Waals surface area contributed by atoms with Crippen LogP contribution in [-0.4, -0.2) is 18.2 Å². The molecule has 0 amide bonds. The van der Waals surface area contributed by atoms with Gasteiger partial charge in [-0.2, -0.15) is 0 Å². The van der Waals surface area contributed by atoms with Gasteiger partial charge in [-0.05, 0) is 23.3 Å². The second-order valence-electron chi connectivity index (χ2n) is 4.33. The number of rotatable bonds is 3. The van der Waals surface area contributed by atoms with Gasteiger partial charge in [0.15, 0.2) is 0 Å². The zero-order valence-electron chi connectivity index (χ0n) is 10.5. The van der Waals surface area contributed by atoms with Crippen molar-refractivity contribution in [3.63, 3.8) is 0 Å². The molecule has 0 heterocycles. The van der Waals surface area contributed by atoms with Crippen LogP contribution < -0.4 is 0 Å². The lowest BCUT2D eigenvalue weighted by Gasteiger charge is -2.18. The van der Waals surface area contributed by atoms with E-state index in [1.54, 1.807) is 6.92 Å². The maximum Gasteiger partial charge on any atom is 0.311 e. The second kappa shape index (κ2) is 5.19. The molecule has 0 radical (unpaired) electrons. The highest BCUT2D eigenvalue weighted by molar-refractivity contribution is 5.86. The highest BCUT2D eigenvalue weighted by atomic mass is 16.5. The van der Waals surface area contributed by atoms with Gasteiger partial charge in [0, 0.05) is 0 Å². The summed E-state index contributed by atoms with van der Waals surface area (Å²) in [6.45, 7) is 1.66. The fourth-order valence-corrected chi connectivity index (χ4v) is 2.09. The van der Waals surface area contributed by atoms with E-state index < -0.39 is 18.0 Å². The normalized spacial score (nSPS) is 14.2. The molecule has 2 unspecified atom stereocenters. The topological polar surface area (TPSA) is 46.5 Å². The summed E-state index contributed by atoms with van der Waals surface area (Å²) in [5, 5.41) is 12.3. The van der Waals surface area contributed by atoms with E-state index in [9.17, 15) is 9.90 Å². The molecule has 0 aliphatic rings. The van der Waals surface area contributed by atoms with Gasteiger partial charge in [0.25, 0.3) is 0 Å². The number of ether oxygens (including phenoxy) is 1. The third-order valence-corrected chi connectivity index (χ3v) is 3.19. The number of carbonyl (C=O) groups excluding carboxylic acids is 1. The summed E-state index contributed by atoms with van der Waals surface area (Å²) in [6.07, 6.45) is -0.858. The molecule has 0 aliphatic heterocycles. The molecule has 2 atom stereocenters. The van der Waals surface area contributed by atoms with Crippen LogP contribution in [0.2, 0.25) is 0 Å². The van der Waals surface area contributed by atoms with Gasteiger partial charge in [-0.25, -0.2) is 0 Å². The Morgan fingerprint density at radius 2 is 1.83 bits per heavy atom. The molecular weight excluding hydrogens is 228 g/mol. The zero-order chi connectivity index (χ0) is 13.1. The van der Waals surface area contributed by atoms with Gasteiger partial charge in [0.1, 0.15) is 0 Å². The number of carbonyl (C=O) groups is 1. The monoisotopic (exact) mass is 244 g/mol. The van der Waals surface area contributed by atoms with Crippen molar-refractivity contribution in [3.8, 4) is 0 Å². The Hall–Kier alpha value is -1.87. The molecule has 0 saturated carbocycles.